The second-order valence-electron chi connectivity index (χ2n) is 5.70. The standard InChI is InChI=1S/C15H20N4O2/c1-2-3-5-8-11-9(6-4-7-10(11)20)17-13-12(8)14(21)19-15(16)18-13/h8H,2-7H2,1H3,(H4,16,17,18,19,21). The Morgan fingerprint density at radius 3 is 2.90 bits per heavy atom. The molecule has 2 aliphatic rings. The quantitative estimate of drug-likeness (QED) is 0.790. The van der Waals surface area contributed by atoms with Crippen molar-refractivity contribution in [2.75, 3.05) is 11.1 Å². The van der Waals surface area contributed by atoms with Crippen LogP contribution in [0.5, 0.6) is 0 Å². The number of nitrogens with one attached hydrogen (secondary N) is 2. The molecule has 2 heterocycles. The molecule has 1 atom stereocenters. The highest BCUT2D eigenvalue weighted by Crippen LogP contribution is 2.41. The van der Waals surface area contributed by atoms with Crippen LogP contribution in [0.3, 0.4) is 0 Å². The van der Waals surface area contributed by atoms with E-state index in [1.165, 1.54) is 0 Å². The number of nitrogen functional groups attached to an aromatic ring is 1. The Kier molecular flexibility index (Phi) is 3.53. The van der Waals surface area contributed by atoms with E-state index in [2.05, 4.69) is 22.2 Å². The van der Waals surface area contributed by atoms with Crippen LogP contribution in [-0.2, 0) is 4.79 Å². The van der Waals surface area contributed by atoms with E-state index in [-0.39, 0.29) is 23.2 Å². The van der Waals surface area contributed by atoms with E-state index >= 15 is 0 Å². The van der Waals surface area contributed by atoms with E-state index in [0.717, 1.165) is 43.4 Å². The average Bonchev–Trinajstić information content (AvgIpc) is 2.43. The van der Waals surface area contributed by atoms with E-state index in [1.807, 2.05) is 0 Å². The number of nitrogens with two attached hydrogens (primary N) is 1. The number of carbonyl (C=O) groups is 1. The number of rotatable bonds is 3. The third-order valence-electron chi connectivity index (χ3n) is 4.24. The third kappa shape index (κ3) is 2.34. The first kappa shape index (κ1) is 13.9. The maximum absolute atomic E-state index is 12.3. The molecule has 1 aliphatic heterocycles. The summed E-state index contributed by atoms with van der Waals surface area (Å²) in [4.78, 5) is 31.4. The number of unbranched alkanes of at least 4 members (excludes halogenated alkanes) is 1. The molecule has 3 rings (SSSR count). The lowest BCUT2D eigenvalue weighted by molar-refractivity contribution is -0.116. The van der Waals surface area contributed by atoms with Crippen molar-refractivity contribution in [3.05, 3.63) is 27.2 Å². The highest BCUT2D eigenvalue weighted by Gasteiger charge is 2.36. The molecule has 0 fully saturated rings. The molecule has 0 amide bonds. The summed E-state index contributed by atoms with van der Waals surface area (Å²) in [5.41, 5.74) is 7.67. The number of hydrogen-bond donors (Lipinski definition) is 3. The number of H-pyrrole nitrogens is 1. The topological polar surface area (TPSA) is 101 Å². The molecule has 0 bridgehead atoms. The van der Waals surface area contributed by atoms with Crippen LogP contribution < -0.4 is 16.6 Å². The number of fused-ring (bicyclic) bond motifs is 1. The van der Waals surface area contributed by atoms with Crippen molar-refractivity contribution in [1.82, 2.24) is 9.97 Å². The van der Waals surface area contributed by atoms with Crippen LogP contribution in [0.2, 0.25) is 0 Å². The van der Waals surface area contributed by atoms with Crippen molar-refractivity contribution in [3.63, 3.8) is 0 Å². The lowest BCUT2D eigenvalue weighted by Crippen LogP contribution is -2.32. The summed E-state index contributed by atoms with van der Waals surface area (Å²) in [7, 11) is 0. The molecule has 1 unspecified atom stereocenters. The predicted octanol–water partition coefficient (Wildman–Crippen LogP) is 2.06. The summed E-state index contributed by atoms with van der Waals surface area (Å²) in [6.45, 7) is 2.10. The smallest absolute Gasteiger partial charge is 0.258 e. The summed E-state index contributed by atoms with van der Waals surface area (Å²) in [5.74, 6) is 0.630. The molecule has 112 valence electrons. The molecule has 1 aliphatic carbocycles. The van der Waals surface area contributed by atoms with E-state index in [4.69, 9.17) is 5.73 Å². The predicted molar refractivity (Wildman–Crippen MR) is 81.0 cm³/mol. The lowest BCUT2D eigenvalue weighted by Gasteiger charge is -2.32. The second-order valence-corrected chi connectivity index (χ2v) is 5.70. The minimum Gasteiger partial charge on any atom is -0.369 e. The molecule has 0 aromatic carbocycles. The molecule has 6 heteroatoms. The molecule has 1 aromatic rings. The number of allylic oxidation sites excluding steroid dienone is 2. The van der Waals surface area contributed by atoms with Gasteiger partial charge in [0.05, 0.1) is 5.56 Å². The van der Waals surface area contributed by atoms with Gasteiger partial charge in [-0.15, -0.1) is 0 Å². The molecule has 1 aromatic heterocycles. The highest BCUT2D eigenvalue weighted by molar-refractivity contribution is 6.00. The van der Waals surface area contributed by atoms with E-state index in [0.29, 0.717) is 17.8 Å². The van der Waals surface area contributed by atoms with Gasteiger partial charge in [0.15, 0.2) is 5.78 Å². The largest absolute Gasteiger partial charge is 0.369 e. The van der Waals surface area contributed by atoms with Crippen LogP contribution in [0.15, 0.2) is 16.1 Å². The van der Waals surface area contributed by atoms with Gasteiger partial charge in [-0.3, -0.25) is 14.6 Å². The van der Waals surface area contributed by atoms with Crippen LogP contribution in [0.1, 0.15) is 56.9 Å². The van der Waals surface area contributed by atoms with Gasteiger partial charge in [-0.2, -0.15) is 4.98 Å². The SMILES string of the molecule is CCCCC1C2=C(CCCC2=O)Nc2nc(N)[nH]c(=O)c21. The molecule has 6 nitrogen and oxygen atoms in total. The van der Waals surface area contributed by atoms with Gasteiger partial charge < -0.3 is 11.1 Å². The van der Waals surface area contributed by atoms with Crippen molar-refractivity contribution in [2.45, 2.75) is 51.4 Å². The van der Waals surface area contributed by atoms with E-state index in [1.54, 1.807) is 0 Å². The number of hydrogen-bond acceptors (Lipinski definition) is 5. The Morgan fingerprint density at radius 2 is 2.14 bits per heavy atom. The van der Waals surface area contributed by atoms with Gasteiger partial charge in [-0.1, -0.05) is 19.8 Å². The first-order valence-electron chi connectivity index (χ1n) is 7.54. The number of nitrogens with zero attached hydrogens (tertiary/aromatic N) is 1. The average molecular weight is 288 g/mol. The lowest BCUT2D eigenvalue weighted by atomic mass is 9.78. The van der Waals surface area contributed by atoms with Crippen molar-refractivity contribution in [3.8, 4) is 0 Å². The Bertz CT molecular complexity index is 675. The summed E-state index contributed by atoms with van der Waals surface area (Å²) < 4.78 is 0. The van der Waals surface area contributed by atoms with E-state index < -0.39 is 0 Å². The molecule has 21 heavy (non-hydrogen) atoms. The molecule has 0 spiro atoms. The maximum atomic E-state index is 12.3. The first-order valence-corrected chi connectivity index (χ1v) is 7.54. The Balaban J connectivity index is 2.14. The second kappa shape index (κ2) is 5.35. The van der Waals surface area contributed by atoms with Gasteiger partial charge in [0, 0.05) is 23.6 Å². The number of carbonyl (C=O) groups excluding carboxylic acids is 1. The Morgan fingerprint density at radius 1 is 1.33 bits per heavy atom. The molecular weight excluding hydrogens is 268 g/mol. The fraction of sp³-hybridized carbons (Fsp3) is 0.533. The van der Waals surface area contributed by atoms with Crippen LogP contribution >= 0.6 is 0 Å². The first-order chi connectivity index (χ1) is 10.1. The van der Waals surface area contributed by atoms with Gasteiger partial charge in [0.25, 0.3) is 5.56 Å². The summed E-state index contributed by atoms with van der Waals surface area (Å²) >= 11 is 0. The molecule has 0 saturated carbocycles. The molecular formula is C15H20N4O2. The number of aromatic nitrogens is 2. The van der Waals surface area contributed by atoms with Crippen LogP contribution in [0.4, 0.5) is 11.8 Å². The number of aromatic amines is 1. The van der Waals surface area contributed by atoms with Crippen molar-refractivity contribution < 1.29 is 4.79 Å². The monoisotopic (exact) mass is 288 g/mol. The Hall–Kier alpha value is -2.11. The van der Waals surface area contributed by atoms with Crippen molar-refractivity contribution >= 4 is 17.5 Å². The summed E-state index contributed by atoms with van der Waals surface area (Å²) in [5, 5.41) is 3.17. The normalized spacial score (nSPS) is 20.8. The molecule has 4 N–H and O–H groups in total. The fourth-order valence-electron chi connectivity index (χ4n) is 3.30. The van der Waals surface area contributed by atoms with Crippen molar-refractivity contribution in [2.24, 2.45) is 0 Å². The van der Waals surface area contributed by atoms with Gasteiger partial charge in [-0.25, -0.2) is 0 Å². The van der Waals surface area contributed by atoms with Crippen LogP contribution in [0.25, 0.3) is 0 Å². The van der Waals surface area contributed by atoms with Crippen molar-refractivity contribution in [1.29, 1.82) is 0 Å². The zero-order valence-electron chi connectivity index (χ0n) is 12.2. The highest BCUT2D eigenvalue weighted by atomic mass is 16.1. The summed E-state index contributed by atoms with van der Waals surface area (Å²) in [6, 6.07) is 0. The number of anilines is 2. The molecule has 0 saturated heterocycles. The van der Waals surface area contributed by atoms with Crippen LogP contribution in [-0.4, -0.2) is 15.8 Å². The number of Topliss-reactive ketones (excluding diaryl/α,β-unsaturated/α-hetero) is 1. The molecule has 0 radical (unpaired) electrons. The minimum absolute atomic E-state index is 0.103. The fourth-order valence-corrected chi connectivity index (χ4v) is 3.30. The van der Waals surface area contributed by atoms with Gasteiger partial charge in [0.2, 0.25) is 5.95 Å². The zero-order chi connectivity index (χ0) is 15.0. The van der Waals surface area contributed by atoms with Gasteiger partial charge in [0.1, 0.15) is 5.82 Å². The Labute approximate surface area is 122 Å². The zero-order valence-corrected chi connectivity index (χ0v) is 12.2. The summed E-state index contributed by atoms with van der Waals surface area (Å²) in [6.07, 6.45) is 5.04. The van der Waals surface area contributed by atoms with Gasteiger partial charge in [-0.05, 0) is 19.3 Å². The van der Waals surface area contributed by atoms with Gasteiger partial charge >= 0.3 is 0 Å². The van der Waals surface area contributed by atoms with E-state index in [9.17, 15) is 9.59 Å². The minimum atomic E-state index is -0.240. The maximum Gasteiger partial charge on any atom is 0.258 e. The number of ketones is 1. The van der Waals surface area contributed by atoms with Crippen LogP contribution in [0, 0.1) is 0 Å². The third-order valence-corrected chi connectivity index (χ3v) is 4.24.